The summed E-state index contributed by atoms with van der Waals surface area (Å²) < 4.78 is 14.3. The van der Waals surface area contributed by atoms with Crippen LogP contribution in [-0.4, -0.2) is 12.0 Å². The van der Waals surface area contributed by atoms with Crippen LogP contribution in [0.4, 0.5) is 4.39 Å². The van der Waals surface area contributed by atoms with Crippen molar-refractivity contribution in [3.8, 4) is 0 Å². The van der Waals surface area contributed by atoms with Gasteiger partial charge in [0.2, 0.25) is 0 Å². The lowest BCUT2D eigenvalue weighted by Crippen LogP contribution is -2.44. The molecule has 1 nitrogen and oxygen atoms in total. The molecule has 0 aliphatic heterocycles. The molecule has 3 heteroatoms. The average Bonchev–Trinajstić information content (AvgIpc) is 2.68. The molecule has 1 aromatic rings. The molecule has 0 amide bonds. The summed E-state index contributed by atoms with van der Waals surface area (Å²) in [7, 11) is 0. The number of fused-ring (bicyclic) bond motifs is 2. The van der Waals surface area contributed by atoms with Crippen molar-refractivity contribution in [1.29, 1.82) is 0 Å². The highest BCUT2D eigenvalue weighted by Crippen LogP contribution is 2.49. The van der Waals surface area contributed by atoms with Gasteiger partial charge < -0.3 is 0 Å². The summed E-state index contributed by atoms with van der Waals surface area (Å²) in [6.45, 7) is 0. The predicted octanol–water partition coefficient (Wildman–Crippen LogP) is 3.62. The van der Waals surface area contributed by atoms with E-state index < -0.39 is 11.6 Å². The van der Waals surface area contributed by atoms with Gasteiger partial charge in [-0.2, -0.15) is 0 Å². The van der Waals surface area contributed by atoms with E-state index in [1.54, 1.807) is 0 Å². The summed E-state index contributed by atoms with van der Waals surface area (Å²) in [5.74, 6) is 0.0632. The molecule has 2 aliphatic rings. The summed E-state index contributed by atoms with van der Waals surface area (Å²) in [5.41, 5.74) is 0.961. The Morgan fingerprint density at radius 3 is 2.88 bits per heavy atom. The lowest BCUT2D eigenvalue weighted by molar-refractivity contribution is -0.124. The molecule has 17 heavy (non-hydrogen) atoms. The Labute approximate surface area is 105 Å². The van der Waals surface area contributed by atoms with Gasteiger partial charge in [-0.15, -0.1) is 0 Å². The van der Waals surface area contributed by atoms with Crippen molar-refractivity contribution in [3.05, 3.63) is 34.3 Å². The molecule has 1 aromatic carbocycles. The van der Waals surface area contributed by atoms with E-state index in [4.69, 9.17) is 11.6 Å². The third-order valence-corrected chi connectivity index (χ3v) is 4.61. The first-order chi connectivity index (χ1) is 8.16. The molecule has 0 bridgehead atoms. The third kappa shape index (κ3) is 1.40. The predicted molar refractivity (Wildman–Crippen MR) is 65.2 cm³/mol. The van der Waals surface area contributed by atoms with Crippen molar-refractivity contribution in [1.82, 2.24) is 0 Å². The van der Waals surface area contributed by atoms with Crippen LogP contribution in [0.2, 0.25) is 5.02 Å². The van der Waals surface area contributed by atoms with Crippen LogP contribution < -0.4 is 0 Å². The van der Waals surface area contributed by atoms with Crippen molar-refractivity contribution in [2.45, 2.75) is 43.7 Å². The second kappa shape index (κ2) is 3.81. The summed E-state index contributed by atoms with van der Waals surface area (Å²) in [6.07, 6.45) is 1.97. The Morgan fingerprint density at radius 2 is 2.18 bits per heavy atom. The minimum atomic E-state index is -1.04. The molecule has 2 aliphatic carbocycles. The van der Waals surface area contributed by atoms with Crippen molar-refractivity contribution >= 4 is 17.4 Å². The van der Waals surface area contributed by atoms with Crippen molar-refractivity contribution in [2.75, 3.05) is 0 Å². The largest absolute Gasteiger partial charge is 0.299 e. The summed E-state index contributed by atoms with van der Waals surface area (Å²) in [6, 6.07) is 5.54. The van der Waals surface area contributed by atoms with Crippen molar-refractivity contribution in [3.63, 3.8) is 0 Å². The van der Waals surface area contributed by atoms with Gasteiger partial charge in [-0.25, -0.2) is 4.39 Å². The van der Waals surface area contributed by atoms with Crippen molar-refractivity contribution < 1.29 is 9.18 Å². The number of carbonyl (C=O) groups is 1. The monoisotopic (exact) mass is 252 g/mol. The molecule has 0 saturated heterocycles. The summed E-state index contributed by atoms with van der Waals surface area (Å²) in [5, 5.41) is 0.675. The topological polar surface area (TPSA) is 17.1 Å². The number of carbonyl (C=O) groups excluding carboxylic acids is 1. The number of ketones is 1. The molecule has 2 atom stereocenters. The van der Waals surface area contributed by atoms with Gasteiger partial charge in [-0.3, -0.25) is 4.79 Å². The van der Waals surface area contributed by atoms with E-state index >= 15 is 0 Å². The Balaban J connectivity index is 2.23. The molecule has 0 radical (unpaired) electrons. The van der Waals surface area contributed by atoms with E-state index in [0.717, 1.165) is 17.5 Å². The van der Waals surface area contributed by atoms with Crippen LogP contribution in [-0.2, 0) is 16.6 Å². The molecule has 1 fully saturated rings. The normalized spacial score (nSPS) is 31.9. The maximum Gasteiger partial charge on any atom is 0.146 e. The lowest BCUT2D eigenvalue weighted by Gasteiger charge is -2.37. The van der Waals surface area contributed by atoms with Crippen LogP contribution in [0.15, 0.2) is 18.2 Å². The van der Waals surface area contributed by atoms with Gasteiger partial charge >= 0.3 is 0 Å². The quantitative estimate of drug-likeness (QED) is 0.689. The minimum absolute atomic E-state index is 0.0632. The van der Waals surface area contributed by atoms with E-state index in [9.17, 15) is 9.18 Å². The number of halogens is 2. The second-order valence-corrected chi connectivity index (χ2v) is 5.43. The van der Waals surface area contributed by atoms with Gasteiger partial charge in [0.1, 0.15) is 12.0 Å². The highest BCUT2D eigenvalue weighted by molar-refractivity contribution is 6.31. The van der Waals surface area contributed by atoms with Crippen LogP contribution in [0, 0.1) is 0 Å². The van der Waals surface area contributed by atoms with Gasteiger partial charge in [0.25, 0.3) is 0 Å². The van der Waals surface area contributed by atoms with Gasteiger partial charge in [-0.1, -0.05) is 23.7 Å². The fourth-order valence-corrected chi connectivity index (χ4v) is 3.69. The van der Waals surface area contributed by atoms with Crippen LogP contribution in [0.1, 0.15) is 36.8 Å². The van der Waals surface area contributed by atoms with Crippen LogP contribution in [0.5, 0.6) is 0 Å². The van der Waals surface area contributed by atoms with Crippen LogP contribution >= 0.6 is 11.6 Å². The van der Waals surface area contributed by atoms with Gasteiger partial charge in [0.05, 0.1) is 5.41 Å². The van der Waals surface area contributed by atoms with Crippen molar-refractivity contribution in [2.24, 2.45) is 0 Å². The summed E-state index contributed by atoms with van der Waals surface area (Å²) in [4.78, 5) is 12.2. The zero-order valence-electron chi connectivity index (χ0n) is 9.51. The molecule has 1 spiro atoms. The molecule has 2 unspecified atom stereocenters. The van der Waals surface area contributed by atoms with E-state index in [0.29, 0.717) is 30.7 Å². The van der Waals surface area contributed by atoms with E-state index in [1.165, 1.54) is 0 Å². The highest BCUT2D eigenvalue weighted by atomic mass is 35.5. The second-order valence-electron chi connectivity index (χ2n) is 5.02. The third-order valence-electron chi connectivity index (χ3n) is 4.25. The zero-order valence-corrected chi connectivity index (χ0v) is 10.3. The molecular weight excluding hydrogens is 239 g/mol. The first kappa shape index (κ1) is 11.2. The number of Topliss-reactive ketones (excluding diaryl/α,β-unsaturated/α-hetero) is 1. The maximum absolute atomic E-state index is 14.3. The Morgan fingerprint density at radius 1 is 1.35 bits per heavy atom. The maximum atomic E-state index is 14.3. The molecule has 0 N–H and O–H groups in total. The molecule has 90 valence electrons. The van der Waals surface area contributed by atoms with Gasteiger partial charge in [-0.05, 0) is 42.9 Å². The molecule has 1 saturated carbocycles. The Hall–Kier alpha value is -0.890. The molecular formula is C14H14ClFO. The molecule has 0 heterocycles. The number of hydrogen-bond donors (Lipinski definition) is 0. The van der Waals surface area contributed by atoms with E-state index in [2.05, 4.69) is 0 Å². The fraction of sp³-hybridized carbons (Fsp3) is 0.500. The first-order valence-corrected chi connectivity index (χ1v) is 6.49. The lowest BCUT2D eigenvalue weighted by atomic mass is 9.67. The van der Waals surface area contributed by atoms with Crippen LogP contribution in [0.3, 0.4) is 0 Å². The van der Waals surface area contributed by atoms with Gasteiger partial charge in [0.15, 0.2) is 0 Å². The van der Waals surface area contributed by atoms with Crippen LogP contribution in [0.25, 0.3) is 0 Å². The standard InChI is InChI=1S/C14H14ClFO/c15-11-4-1-3-10-9(11)6-7-12(16)14(10)8-2-5-13(14)17/h1,3-4,12H,2,5-8H2. The number of alkyl halides is 1. The zero-order chi connectivity index (χ0) is 12.0. The highest BCUT2D eigenvalue weighted by Gasteiger charge is 2.52. The van der Waals surface area contributed by atoms with Gasteiger partial charge in [0, 0.05) is 11.4 Å². The molecule has 0 aromatic heterocycles. The smallest absolute Gasteiger partial charge is 0.146 e. The number of rotatable bonds is 0. The first-order valence-electron chi connectivity index (χ1n) is 6.11. The average molecular weight is 253 g/mol. The van der Waals surface area contributed by atoms with E-state index in [1.807, 2.05) is 18.2 Å². The minimum Gasteiger partial charge on any atom is -0.299 e. The Bertz CT molecular complexity index is 485. The number of benzene rings is 1. The molecule has 3 rings (SSSR count). The summed E-state index contributed by atoms with van der Waals surface area (Å²) >= 11 is 6.17. The SMILES string of the molecule is O=C1CCCC12c1cccc(Cl)c1CCC2F. The fourth-order valence-electron chi connectivity index (χ4n) is 3.42. The number of hydrogen-bond acceptors (Lipinski definition) is 1. The van der Waals surface area contributed by atoms with E-state index in [-0.39, 0.29) is 5.78 Å². The Kier molecular flexibility index (Phi) is 2.51.